The molecular weight excluding hydrogens is 230 g/mol. The summed E-state index contributed by atoms with van der Waals surface area (Å²) < 4.78 is 6.41. The van der Waals surface area contributed by atoms with Crippen molar-refractivity contribution in [3.63, 3.8) is 0 Å². The fourth-order valence-corrected chi connectivity index (χ4v) is 2.56. The van der Waals surface area contributed by atoms with Crippen molar-refractivity contribution in [1.82, 2.24) is 14.8 Å². The molecule has 0 spiro atoms. The largest absolute Gasteiger partial charge is 0.465 e. The number of aromatic amines is 1. The fraction of sp³-hybridized carbons (Fsp3) is 0.667. The Morgan fingerprint density at radius 3 is 3.06 bits per heavy atom. The Balaban J connectivity index is 2.14. The molecule has 1 aromatic rings. The van der Waals surface area contributed by atoms with Gasteiger partial charge in [0.15, 0.2) is 5.16 Å². The van der Waals surface area contributed by atoms with Gasteiger partial charge in [-0.05, 0) is 6.42 Å². The van der Waals surface area contributed by atoms with Gasteiger partial charge in [-0.1, -0.05) is 18.7 Å². The molecule has 1 N–H and O–H groups in total. The Labute approximate surface area is 96.4 Å². The summed E-state index contributed by atoms with van der Waals surface area (Å²) in [5, 5.41) is 6.64. The number of carbonyl (C=O) groups is 1. The average molecular weight is 243 g/mol. The predicted octanol–water partition coefficient (Wildman–Crippen LogP) is 0.389. The SMILES string of the molecule is CCCn1c(S[C@@H]2CCOC2=O)n[nH]c1=O. The second-order valence-corrected chi connectivity index (χ2v) is 4.70. The molecule has 0 bridgehead atoms. The molecule has 0 aromatic carbocycles. The number of hydrogen-bond donors (Lipinski definition) is 1. The van der Waals surface area contributed by atoms with E-state index in [1.54, 1.807) is 4.57 Å². The van der Waals surface area contributed by atoms with Crippen molar-refractivity contribution in [2.45, 2.75) is 36.7 Å². The van der Waals surface area contributed by atoms with Crippen molar-refractivity contribution in [2.75, 3.05) is 6.61 Å². The zero-order valence-corrected chi connectivity index (χ0v) is 9.75. The molecule has 16 heavy (non-hydrogen) atoms. The summed E-state index contributed by atoms with van der Waals surface area (Å²) in [6.07, 6.45) is 1.53. The van der Waals surface area contributed by atoms with Crippen molar-refractivity contribution < 1.29 is 9.53 Å². The van der Waals surface area contributed by atoms with Crippen LogP contribution in [-0.2, 0) is 16.1 Å². The lowest BCUT2D eigenvalue weighted by molar-refractivity contribution is -0.137. The Morgan fingerprint density at radius 2 is 2.44 bits per heavy atom. The number of thioether (sulfide) groups is 1. The first-order valence-corrected chi connectivity index (χ1v) is 6.09. The number of aromatic nitrogens is 3. The molecule has 0 unspecified atom stereocenters. The van der Waals surface area contributed by atoms with Crippen molar-refractivity contribution >= 4 is 17.7 Å². The smallest absolute Gasteiger partial charge is 0.343 e. The van der Waals surface area contributed by atoms with Gasteiger partial charge in [0, 0.05) is 13.0 Å². The second kappa shape index (κ2) is 4.73. The maximum Gasteiger partial charge on any atom is 0.343 e. The van der Waals surface area contributed by atoms with Gasteiger partial charge < -0.3 is 4.74 Å². The first kappa shape index (κ1) is 11.3. The third-order valence-electron chi connectivity index (χ3n) is 2.31. The Morgan fingerprint density at radius 1 is 1.62 bits per heavy atom. The van der Waals surface area contributed by atoms with Crippen LogP contribution in [0.5, 0.6) is 0 Å². The van der Waals surface area contributed by atoms with Crippen LogP contribution in [0.1, 0.15) is 19.8 Å². The maximum atomic E-state index is 11.4. The lowest BCUT2D eigenvalue weighted by atomic mass is 10.4. The lowest BCUT2D eigenvalue weighted by Crippen LogP contribution is -2.18. The highest BCUT2D eigenvalue weighted by atomic mass is 32.2. The van der Waals surface area contributed by atoms with Crippen LogP contribution in [0.4, 0.5) is 0 Å². The van der Waals surface area contributed by atoms with Crippen LogP contribution in [0, 0.1) is 0 Å². The van der Waals surface area contributed by atoms with Crippen LogP contribution >= 0.6 is 11.8 Å². The first-order chi connectivity index (χ1) is 7.72. The minimum absolute atomic E-state index is 0.219. The van der Waals surface area contributed by atoms with Gasteiger partial charge >= 0.3 is 11.7 Å². The topological polar surface area (TPSA) is 77.0 Å². The van der Waals surface area contributed by atoms with E-state index in [0.717, 1.165) is 6.42 Å². The number of nitrogens with zero attached hydrogens (tertiary/aromatic N) is 2. The highest BCUT2D eigenvalue weighted by Crippen LogP contribution is 2.27. The van der Waals surface area contributed by atoms with E-state index in [1.165, 1.54) is 11.8 Å². The van der Waals surface area contributed by atoms with Gasteiger partial charge in [-0.2, -0.15) is 0 Å². The molecule has 1 aliphatic heterocycles. The summed E-state index contributed by atoms with van der Waals surface area (Å²) in [5.74, 6) is -0.219. The Kier molecular flexibility index (Phi) is 3.33. The summed E-state index contributed by atoms with van der Waals surface area (Å²) in [5.41, 5.74) is -0.226. The average Bonchev–Trinajstić information content (AvgIpc) is 2.80. The van der Waals surface area contributed by atoms with Crippen LogP contribution in [0.3, 0.4) is 0 Å². The van der Waals surface area contributed by atoms with Crippen molar-refractivity contribution in [3.05, 3.63) is 10.5 Å². The van der Waals surface area contributed by atoms with Crippen LogP contribution in [0.2, 0.25) is 0 Å². The monoisotopic (exact) mass is 243 g/mol. The van der Waals surface area contributed by atoms with Crippen LogP contribution in [0.25, 0.3) is 0 Å². The third-order valence-corrected chi connectivity index (χ3v) is 3.54. The van der Waals surface area contributed by atoms with Gasteiger partial charge in [0.2, 0.25) is 0 Å². The molecule has 7 heteroatoms. The number of carbonyl (C=O) groups excluding carboxylic acids is 1. The van der Waals surface area contributed by atoms with E-state index in [9.17, 15) is 9.59 Å². The molecule has 0 aliphatic carbocycles. The molecule has 1 aliphatic rings. The van der Waals surface area contributed by atoms with E-state index in [-0.39, 0.29) is 16.9 Å². The van der Waals surface area contributed by atoms with E-state index in [4.69, 9.17) is 4.74 Å². The first-order valence-electron chi connectivity index (χ1n) is 5.21. The minimum atomic E-state index is -0.231. The fourth-order valence-electron chi connectivity index (χ4n) is 1.53. The zero-order chi connectivity index (χ0) is 11.5. The summed E-state index contributed by atoms with van der Waals surface area (Å²) >= 11 is 1.29. The van der Waals surface area contributed by atoms with Gasteiger partial charge in [0.25, 0.3) is 0 Å². The summed E-state index contributed by atoms with van der Waals surface area (Å²) in [6.45, 7) is 3.05. The number of esters is 1. The Bertz CT molecular complexity index is 439. The van der Waals surface area contributed by atoms with Gasteiger partial charge in [-0.3, -0.25) is 9.36 Å². The molecule has 1 atom stereocenters. The zero-order valence-electron chi connectivity index (χ0n) is 8.93. The number of ether oxygens (including phenoxy) is 1. The molecule has 2 heterocycles. The molecule has 0 amide bonds. The normalized spacial score (nSPS) is 20.1. The van der Waals surface area contributed by atoms with Crippen molar-refractivity contribution in [1.29, 1.82) is 0 Å². The number of rotatable bonds is 4. The molecule has 0 radical (unpaired) electrons. The van der Waals surface area contributed by atoms with E-state index >= 15 is 0 Å². The lowest BCUT2D eigenvalue weighted by Gasteiger charge is -2.05. The van der Waals surface area contributed by atoms with Gasteiger partial charge in [-0.25, -0.2) is 9.89 Å². The molecular formula is C9H13N3O3S. The second-order valence-electron chi connectivity index (χ2n) is 3.53. The number of H-pyrrole nitrogens is 1. The highest BCUT2D eigenvalue weighted by Gasteiger charge is 2.29. The summed E-state index contributed by atoms with van der Waals surface area (Å²) in [6, 6.07) is 0. The highest BCUT2D eigenvalue weighted by molar-refractivity contribution is 8.00. The van der Waals surface area contributed by atoms with E-state index in [2.05, 4.69) is 10.2 Å². The third kappa shape index (κ3) is 2.13. The molecule has 88 valence electrons. The Hall–Kier alpha value is -1.24. The number of cyclic esters (lactones) is 1. The minimum Gasteiger partial charge on any atom is -0.465 e. The standard InChI is InChI=1S/C9H13N3O3S/c1-2-4-12-8(14)10-11-9(12)16-6-3-5-15-7(6)13/h6H,2-5H2,1H3,(H,10,14)/t6-/m1/s1. The molecule has 0 saturated carbocycles. The van der Waals surface area contributed by atoms with Crippen molar-refractivity contribution in [2.24, 2.45) is 0 Å². The quantitative estimate of drug-likeness (QED) is 0.774. The molecule has 1 saturated heterocycles. The van der Waals surface area contributed by atoms with E-state index in [0.29, 0.717) is 24.7 Å². The van der Waals surface area contributed by atoms with E-state index in [1.807, 2.05) is 6.92 Å². The van der Waals surface area contributed by atoms with Crippen LogP contribution in [0.15, 0.2) is 9.95 Å². The predicted molar refractivity (Wildman–Crippen MR) is 58.4 cm³/mol. The van der Waals surface area contributed by atoms with Crippen molar-refractivity contribution in [3.8, 4) is 0 Å². The van der Waals surface area contributed by atoms with Crippen LogP contribution in [-0.4, -0.2) is 32.6 Å². The van der Waals surface area contributed by atoms with Gasteiger partial charge in [0.1, 0.15) is 5.25 Å². The van der Waals surface area contributed by atoms with E-state index < -0.39 is 0 Å². The molecule has 1 fully saturated rings. The molecule has 2 rings (SSSR count). The van der Waals surface area contributed by atoms with Crippen LogP contribution < -0.4 is 5.69 Å². The van der Waals surface area contributed by atoms with Gasteiger partial charge in [0.05, 0.1) is 6.61 Å². The van der Waals surface area contributed by atoms with Gasteiger partial charge in [-0.15, -0.1) is 5.10 Å². The summed E-state index contributed by atoms with van der Waals surface area (Å²) in [4.78, 5) is 22.7. The summed E-state index contributed by atoms with van der Waals surface area (Å²) in [7, 11) is 0. The maximum absolute atomic E-state index is 11.4. The number of hydrogen-bond acceptors (Lipinski definition) is 5. The number of nitrogens with one attached hydrogen (secondary N) is 1. The molecule has 1 aromatic heterocycles. The molecule has 6 nitrogen and oxygen atoms in total.